The van der Waals surface area contributed by atoms with Gasteiger partial charge in [0.2, 0.25) is 0 Å². The molecule has 0 radical (unpaired) electrons. The van der Waals surface area contributed by atoms with Crippen LogP contribution < -0.4 is 10.6 Å². The lowest BCUT2D eigenvalue weighted by Gasteiger charge is -2.38. The predicted octanol–water partition coefficient (Wildman–Crippen LogP) is 2.66. The van der Waals surface area contributed by atoms with Crippen molar-refractivity contribution in [2.75, 3.05) is 6.54 Å². The Labute approximate surface area is 93.0 Å². The Morgan fingerprint density at radius 2 is 2.20 bits per heavy atom. The Hall–Kier alpha value is -0.730. The first-order chi connectivity index (χ1) is 7.12. The molecule has 2 N–H and O–H groups in total. The van der Waals surface area contributed by atoms with Gasteiger partial charge in [0.25, 0.3) is 0 Å². The van der Waals surface area contributed by atoms with E-state index >= 15 is 0 Å². The molecule has 2 amide bonds. The van der Waals surface area contributed by atoms with Crippen LogP contribution in [0.3, 0.4) is 0 Å². The Morgan fingerprint density at radius 3 is 2.73 bits per heavy atom. The average molecular weight is 212 g/mol. The van der Waals surface area contributed by atoms with E-state index in [4.69, 9.17) is 0 Å². The van der Waals surface area contributed by atoms with Crippen molar-refractivity contribution in [3.05, 3.63) is 0 Å². The van der Waals surface area contributed by atoms with Crippen LogP contribution >= 0.6 is 0 Å². The minimum absolute atomic E-state index is 0.00671. The van der Waals surface area contributed by atoms with E-state index in [1.165, 1.54) is 12.8 Å². The second-order valence-electron chi connectivity index (χ2n) is 4.82. The number of amides is 2. The molecule has 1 heterocycles. The molecule has 3 heteroatoms. The fourth-order valence-electron chi connectivity index (χ4n) is 2.12. The third-order valence-electron chi connectivity index (χ3n) is 3.76. The van der Waals surface area contributed by atoms with E-state index in [9.17, 15) is 4.79 Å². The molecule has 15 heavy (non-hydrogen) atoms. The van der Waals surface area contributed by atoms with Gasteiger partial charge in [0, 0.05) is 12.1 Å². The molecule has 1 rings (SSSR count). The molecular formula is C12H24N2O. The number of rotatable bonds is 5. The van der Waals surface area contributed by atoms with E-state index in [2.05, 4.69) is 31.4 Å². The van der Waals surface area contributed by atoms with Gasteiger partial charge < -0.3 is 10.6 Å². The van der Waals surface area contributed by atoms with Crippen LogP contribution in [0.5, 0.6) is 0 Å². The first-order valence-electron chi connectivity index (χ1n) is 6.18. The standard InChI is InChI=1S/C12H24N2O/c1-4-10(3)6-7-12(5-2)8-9-13-11(15)14-12/h10H,4-9H2,1-3H3,(H2,13,14,15). The van der Waals surface area contributed by atoms with Crippen molar-refractivity contribution in [2.45, 2.75) is 58.4 Å². The lowest BCUT2D eigenvalue weighted by molar-refractivity contribution is 0.191. The first kappa shape index (κ1) is 12.3. The van der Waals surface area contributed by atoms with Crippen molar-refractivity contribution >= 4 is 6.03 Å². The largest absolute Gasteiger partial charge is 0.338 e. The van der Waals surface area contributed by atoms with Crippen molar-refractivity contribution in [1.29, 1.82) is 0 Å². The van der Waals surface area contributed by atoms with Gasteiger partial charge in [-0.15, -0.1) is 0 Å². The summed E-state index contributed by atoms with van der Waals surface area (Å²) in [6.45, 7) is 7.50. The van der Waals surface area contributed by atoms with Gasteiger partial charge in [0.15, 0.2) is 0 Å². The summed E-state index contributed by atoms with van der Waals surface area (Å²) >= 11 is 0. The highest BCUT2D eigenvalue weighted by Gasteiger charge is 2.32. The third kappa shape index (κ3) is 3.40. The van der Waals surface area contributed by atoms with Crippen molar-refractivity contribution in [3.8, 4) is 0 Å². The topological polar surface area (TPSA) is 41.1 Å². The van der Waals surface area contributed by atoms with E-state index < -0.39 is 0 Å². The highest BCUT2D eigenvalue weighted by molar-refractivity contribution is 5.75. The van der Waals surface area contributed by atoms with Crippen LogP contribution in [0.4, 0.5) is 4.79 Å². The molecule has 1 aliphatic heterocycles. The van der Waals surface area contributed by atoms with E-state index in [1.807, 2.05) is 0 Å². The van der Waals surface area contributed by atoms with Gasteiger partial charge in [-0.25, -0.2) is 4.79 Å². The summed E-state index contributed by atoms with van der Waals surface area (Å²) in [5.41, 5.74) is 0.0613. The second-order valence-corrected chi connectivity index (χ2v) is 4.82. The van der Waals surface area contributed by atoms with Crippen molar-refractivity contribution in [2.24, 2.45) is 5.92 Å². The molecule has 0 aromatic carbocycles. The number of hydrogen-bond donors (Lipinski definition) is 2. The van der Waals surface area contributed by atoms with Gasteiger partial charge in [-0.2, -0.15) is 0 Å². The molecule has 0 spiro atoms. The zero-order valence-corrected chi connectivity index (χ0v) is 10.2. The summed E-state index contributed by atoms with van der Waals surface area (Å²) in [5.74, 6) is 0.764. The molecule has 2 atom stereocenters. The zero-order chi connectivity index (χ0) is 11.3. The maximum atomic E-state index is 11.3. The van der Waals surface area contributed by atoms with Crippen LogP contribution in [0.2, 0.25) is 0 Å². The minimum atomic E-state index is 0.00671. The average Bonchev–Trinajstić information content (AvgIpc) is 2.26. The lowest BCUT2D eigenvalue weighted by atomic mass is 9.83. The molecule has 1 fully saturated rings. The predicted molar refractivity (Wildman–Crippen MR) is 62.9 cm³/mol. The van der Waals surface area contributed by atoms with Gasteiger partial charge in [-0.05, 0) is 31.6 Å². The highest BCUT2D eigenvalue weighted by Crippen LogP contribution is 2.26. The van der Waals surface area contributed by atoms with Crippen LogP contribution in [0.1, 0.15) is 52.9 Å². The molecule has 0 bridgehead atoms. The molecule has 0 saturated carbocycles. The second kappa shape index (κ2) is 5.38. The van der Waals surface area contributed by atoms with Crippen LogP contribution in [-0.2, 0) is 0 Å². The van der Waals surface area contributed by atoms with Crippen molar-refractivity contribution < 1.29 is 4.79 Å². The van der Waals surface area contributed by atoms with Crippen molar-refractivity contribution in [3.63, 3.8) is 0 Å². The smallest absolute Gasteiger partial charge is 0.315 e. The van der Waals surface area contributed by atoms with Gasteiger partial charge in [0.1, 0.15) is 0 Å². The summed E-state index contributed by atoms with van der Waals surface area (Å²) in [4.78, 5) is 11.3. The minimum Gasteiger partial charge on any atom is -0.338 e. The van der Waals surface area contributed by atoms with E-state index in [1.54, 1.807) is 0 Å². The Morgan fingerprint density at radius 1 is 1.47 bits per heavy atom. The maximum absolute atomic E-state index is 11.3. The third-order valence-corrected chi connectivity index (χ3v) is 3.76. The first-order valence-corrected chi connectivity index (χ1v) is 6.18. The Balaban J connectivity index is 2.48. The molecule has 0 aromatic rings. The molecule has 3 nitrogen and oxygen atoms in total. The molecular weight excluding hydrogens is 188 g/mol. The lowest BCUT2D eigenvalue weighted by Crippen LogP contribution is -2.58. The van der Waals surface area contributed by atoms with Gasteiger partial charge in [0.05, 0.1) is 0 Å². The van der Waals surface area contributed by atoms with Crippen molar-refractivity contribution in [1.82, 2.24) is 10.6 Å². The van der Waals surface area contributed by atoms with Crippen LogP contribution in [-0.4, -0.2) is 18.1 Å². The zero-order valence-electron chi connectivity index (χ0n) is 10.2. The molecule has 1 aliphatic rings. The SMILES string of the molecule is CCC(C)CCC1(CC)CCNC(=O)N1. The maximum Gasteiger partial charge on any atom is 0.315 e. The number of urea groups is 1. The summed E-state index contributed by atoms with van der Waals surface area (Å²) in [6.07, 6.45) is 5.66. The number of hydrogen-bond acceptors (Lipinski definition) is 1. The van der Waals surface area contributed by atoms with Crippen LogP contribution in [0.15, 0.2) is 0 Å². The molecule has 88 valence electrons. The normalized spacial score (nSPS) is 28.1. The summed E-state index contributed by atoms with van der Waals surface area (Å²) in [5, 5.41) is 5.93. The summed E-state index contributed by atoms with van der Waals surface area (Å²) in [7, 11) is 0. The van der Waals surface area contributed by atoms with E-state index in [-0.39, 0.29) is 11.6 Å². The Bertz CT molecular complexity index is 218. The molecule has 0 aromatic heterocycles. The van der Waals surface area contributed by atoms with Gasteiger partial charge in [-0.3, -0.25) is 0 Å². The van der Waals surface area contributed by atoms with Gasteiger partial charge >= 0.3 is 6.03 Å². The number of nitrogens with one attached hydrogen (secondary N) is 2. The summed E-state index contributed by atoms with van der Waals surface area (Å²) in [6, 6.07) is 0.00671. The number of carbonyl (C=O) groups is 1. The molecule has 1 saturated heterocycles. The highest BCUT2D eigenvalue weighted by atomic mass is 16.2. The number of carbonyl (C=O) groups excluding carboxylic acids is 1. The summed E-state index contributed by atoms with van der Waals surface area (Å²) < 4.78 is 0. The quantitative estimate of drug-likeness (QED) is 0.722. The van der Waals surface area contributed by atoms with E-state index in [0.717, 1.165) is 31.7 Å². The fourth-order valence-corrected chi connectivity index (χ4v) is 2.12. The monoisotopic (exact) mass is 212 g/mol. The van der Waals surface area contributed by atoms with Gasteiger partial charge in [-0.1, -0.05) is 27.2 Å². The molecule has 2 unspecified atom stereocenters. The van der Waals surface area contributed by atoms with Crippen LogP contribution in [0, 0.1) is 5.92 Å². The van der Waals surface area contributed by atoms with E-state index in [0.29, 0.717) is 0 Å². The van der Waals surface area contributed by atoms with Crippen LogP contribution in [0.25, 0.3) is 0 Å². The molecule has 0 aliphatic carbocycles. The fraction of sp³-hybridized carbons (Fsp3) is 0.917. The Kier molecular flexibility index (Phi) is 4.43.